The van der Waals surface area contributed by atoms with Crippen LogP contribution in [0.2, 0.25) is 0 Å². The molecule has 2 aromatic rings. The summed E-state index contributed by atoms with van der Waals surface area (Å²) in [5.41, 5.74) is 2.59. The van der Waals surface area contributed by atoms with E-state index in [-0.39, 0.29) is 5.92 Å². The number of aryl methyl sites for hydroxylation is 1. The van der Waals surface area contributed by atoms with Gasteiger partial charge < -0.3 is 0 Å². The Balaban J connectivity index is 1.69. The monoisotopic (exact) mass is 350 g/mol. The second-order valence-electron chi connectivity index (χ2n) is 6.31. The fourth-order valence-corrected chi connectivity index (χ4v) is 4.09. The number of rotatable bonds is 5. The molecular formula is C15H22N6O2S. The molecule has 0 N–H and O–H groups in total. The molecule has 24 heavy (non-hydrogen) atoms. The van der Waals surface area contributed by atoms with Crippen molar-refractivity contribution in [1.29, 1.82) is 0 Å². The Kier molecular flexibility index (Phi) is 4.66. The highest BCUT2D eigenvalue weighted by molar-refractivity contribution is 7.86. The predicted octanol–water partition coefficient (Wildman–Crippen LogP) is 0.548. The van der Waals surface area contributed by atoms with Crippen molar-refractivity contribution >= 4 is 10.2 Å². The van der Waals surface area contributed by atoms with Crippen molar-refractivity contribution in [3.05, 3.63) is 30.5 Å². The molecule has 3 heterocycles. The van der Waals surface area contributed by atoms with E-state index >= 15 is 0 Å². The third kappa shape index (κ3) is 3.47. The van der Waals surface area contributed by atoms with Crippen LogP contribution in [0.4, 0.5) is 0 Å². The largest absolute Gasteiger partial charge is 0.281 e. The maximum atomic E-state index is 12.2. The highest BCUT2D eigenvalue weighted by Gasteiger charge is 2.32. The van der Waals surface area contributed by atoms with Crippen LogP contribution in [0.15, 0.2) is 24.8 Å². The number of hydrogen-bond acceptors (Lipinski definition) is 5. The lowest BCUT2D eigenvalue weighted by molar-refractivity contribution is 0.409. The van der Waals surface area contributed by atoms with E-state index < -0.39 is 10.2 Å². The van der Waals surface area contributed by atoms with E-state index in [0.717, 1.165) is 29.8 Å². The van der Waals surface area contributed by atoms with Gasteiger partial charge in [-0.1, -0.05) is 0 Å². The van der Waals surface area contributed by atoms with Crippen molar-refractivity contribution < 1.29 is 8.42 Å². The molecule has 1 aliphatic rings. The van der Waals surface area contributed by atoms with Crippen molar-refractivity contribution in [1.82, 2.24) is 28.4 Å². The van der Waals surface area contributed by atoms with E-state index in [1.54, 1.807) is 37.4 Å². The summed E-state index contributed by atoms with van der Waals surface area (Å²) in [5, 5.41) is 4.15. The Morgan fingerprint density at radius 3 is 2.75 bits per heavy atom. The summed E-state index contributed by atoms with van der Waals surface area (Å²) in [5.74, 6) is 0.262. The van der Waals surface area contributed by atoms with Gasteiger partial charge >= 0.3 is 0 Å². The average molecular weight is 350 g/mol. The Bertz CT molecular complexity index is 817. The smallest absolute Gasteiger partial charge is 0.275 e. The molecule has 0 aromatic carbocycles. The van der Waals surface area contributed by atoms with Crippen molar-refractivity contribution in [2.75, 3.05) is 27.2 Å². The SMILES string of the molecule is CN(C)S(=O)(=O)N1CC[C@H](Cc2cncc(-c3cnn(C)c3)n2)C1. The molecule has 0 saturated carbocycles. The van der Waals surface area contributed by atoms with Gasteiger partial charge in [-0.05, 0) is 18.8 Å². The molecule has 0 amide bonds. The summed E-state index contributed by atoms with van der Waals surface area (Å²) < 4.78 is 28.9. The summed E-state index contributed by atoms with van der Waals surface area (Å²) in [6.45, 7) is 1.08. The minimum absolute atomic E-state index is 0.262. The molecule has 0 bridgehead atoms. The average Bonchev–Trinajstić information content (AvgIpc) is 3.17. The topological polar surface area (TPSA) is 84.2 Å². The lowest BCUT2D eigenvalue weighted by Gasteiger charge is -2.20. The molecule has 1 atom stereocenters. The molecular weight excluding hydrogens is 328 g/mol. The van der Waals surface area contributed by atoms with Gasteiger partial charge in [0, 0.05) is 52.2 Å². The highest BCUT2D eigenvalue weighted by Crippen LogP contribution is 2.24. The molecule has 130 valence electrons. The summed E-state index contributed by atoms with van der Waals surface area (Å²) in [6, 6.07) is 0. The maximum Gasteiger partial charge on any atom is 0.281 e. The molecule has 1 fully saturated rings. The van der Waals surface area contributed by atoms with E-state index in [2.05, 4.69) is 15.1 Å². The molecule has 0 aliphatic carbocycles. The van der Waals surface area contributed by atoms with Crippen molar-refractivity contribution in [2.45, 2.75) is 12.8 Å². The fourth-order valence-electron chi connectivity index (χ4n) is 2.90. The Morgan fingerprint density at radius 2 is 2.08 bits per heavy atom. The van der Waals surface area contributed by atoms with Gasteiger partial charge in [0.05, 0.1) is 23.8 Å². The van der Waals surface area contributed by atoms with Crippen molar-refractivity contribution in [3.8, 4) is 11.3 Å². The van der Waals surface area contributed by atoms with Gasteiger partial charge in [0.2, 0.25) is 0 Å². The van der Waals surface area contributed by atoms with Crippen LogP contribution in [-0.2, 0) is 23.7 Å². The summed E-state index contributed by atoms with van der Waals surface area (Å²) >= 11 is 0. The molecule has 0 unspecified atom stereocenters. The summed E-state index contributed by atoms with van der Waals surface area (Å²) in [7, 11) is 1.65. The Hall–Kier alpha value is -1.84. The first-order valence-electron chi connectivity index (χ1n) is 7.84. The van der Waals surface area contributed by atoms with Gasteiger partial charge in [0.15, 0.2) is 0 Å². The van der Waals surface area contributed by atoms with Crippen LogP contribution in [-0.4, -0.2) is 64.0 Å². The van der Waals surface area contributed by atoms with Gasteiger partial charge in [-0.2, -0.15) is 22.1 Å². The van der Waals surface area contributed by atoms with Gasteiger partial charge in [-0.3, -0.25) is 9.67 Å². The van der Waals surface area contributed by atoms with Crippen LogP contribution >= 0.6 is 0 Å². The molecule has 9 heteroatoms. The normalized spacial score (nSPS) is 19.2. The standard InChI is InChI=1S/C15H22N6O2S/c1-19(2)24(22,23)21-5-4-12(10-21)6-14-8-16-9-15(18-14)13-7-17-20(3)11-13/h7-9,11-12H,4-6,10H2,1-3H3/t12-/m1/s1. The summed E-state index contributed by atoms with van der Waals surface area (Å²) in [4.78, 5) is 8.92. The molecule has 3 rings (SSSR count). The van der Waals surface area contributed by atoms with Crippen LogP contribution in [0.25, 0.3) is 11.3 Å². The zero-order valence-electron chi connectivity index (χ0n) is 14.1. The summed E-state index contributed by atoms with van der Waals surface area (Å²) in [6.07, 6.45) is 8.69. The van der Waals surface area contributed by atoms with Crippen LogP contribution in [0.3, 0.4) is 0 Å². The van der Waals surface area contributed by atoms with E-state index in [1.165, 1.54) is 8.61 Å². The van der Waals surface area contributed by atoms with Crippen LogP contribution in [0, 0.1) is 5.92 Å². The lowest BCUT2D eigenvalue weighted by atomic mass is 10.0. The Morgan fingerprint density at radius 1 is 1.29 bits per heavy atom. The fraction of sp³-hybridized carbons (Fsp3) is 0.533. The molecule has 2 aromatic heterocycles. The minimum atomic E-state index is -3.33. The second kappa shape index (κ2) is 6.58. The number of nitrogens with zero attached hydrogens (tertiary/aromatic N) is 6. The quantitative estimate of drug-likeness (QED) is 0.786. The van der Waals surface area contributed by atoms with Crippen molar-refractivity contribution in [2.24, 2.45) is 13.0 Å². The van der Waals surface area contributed by atoms with Crippen LogP contribution in [0.5, 0.6) is 0 Å². The van der Waals surface area contributed by atoms with E-state index in [4.69, 9.17) is 0 Å². The van der Waals surface area contributed by atoms with Gasteiger partial charge in [-0.25, -0.2) is 4.98 Å². The van der Waals surface area contributed by atoms with Crippen LogP contribution in [0.1, 0.15) is 12.1 Å². The highest BCUT2D eigenvalue weighted by atomic mass is 32.2. The first kappa shape index (κ1) is 17.0. The molecule has 0 radical (unpaired) electrons. The zero-order valence-corrected chi connectivity index (χ0v) is 14.9. The molecule has 1 aliphatic heterocycles. The predicted molar refractivity (Wildman–Crippen MR) is 90.2 cm³/mol. The first-order valence-corrected chi connectivity index (χ1v) is 9.23. The third-order valence-corrected chi connectivity index (χ3v) is 6.13. The van der Waals surface area contributed by atoms with E-state index in [1.807, 2.05) is 13.2 Å². The number of aromatic nitrogens is 4. The number of hydrogen-bond donors (Lipinski definition) is 0. The second-order valence-corrected chi connectivity index (χ2v) is 8.45. The zero-order chi connectivity index (χ0) is 17.3. The van der Waals surface area contributed by atoms with E-state index in [0.29, 0.717) is 13.1 Å². The van der Waals surface area contributed by atoms with E-state index in [9.17, 15) is 8.42 Å². The Labute approximate surface area is 142 Å². The molecule has 8 nitrogen and oxygen atoms in total. The molecule has 1 saturated heterocycles. The van der Waals surface area contributed by atoms with Gasteiger partial charge in [-0.15, -0.1) is 0 Å². The minimum Gasteiger partial charge on any atom is -0.275 e. The van der Waals surface area contributed by atoms with Crippen LogP contribution < -0.4 is 0 Å². The maximum absolute atomic E-state index is 12.2. The van der Waals surface area contributed by atoms with Crippen molar-refractivity contribution in [3.63, 3.8) is 0 Å². The van der Waals surface area contributed by atoms with Gasteiger partial charge in [0.1, 0.15) is 0 Å². The lowest BCUT2D eigenvalue weighted by Crippen LogP contribution is -2.38. The molecule has 0 spiro atoms. The third-order valence-electron chi connectivity index (χ3n) is 4.22. The first-order chi connectivity index (χ1) is 11.4. The van der Waals surface area contributed by atoms with Gasteiger partial charge in [0.25, 0.3) is 10.2 Å².